The van der Waals surface area contributed by atoms with Gasteiger partial charge in [0.25, 0.3) is 5.91 Å². The Labute approximate surface area is 243 Å². The summed E-state index contributed by atoms with van der Waals surface area (Å²) >= 11 is 0. The minimum Gasteiger partial charge on any atom is -0.453 e. The molecule has 2 aliphatic rings. The number of alkyl carbamates (subject to hydrolysis) is 1. The molecule has 3 N–H and O–H groups in total. The molecular weight excluding hydrogens is 532 g/mol. The van der Waals surface area contributed by atoms with Gasteiger partial charge in [0, 0.05) is 25.9 Å². The lowest BCUT2D eigenvalue weighted by Gasteiger charge is -2.38. The first kappa shape index (κ1) is 34.0. The van der Waals surface area contributed by atoms with E-state index in [0.717, 1.165) is 25.7 Å². The maximum atomic E-state index is 13.7. The van der Waals surface area contributed by atoms with Gasteiger partial charge in [0.1, 0.15) is 11.6 Å². The van der Waals surface area contributed by atoms with Gasteiger partial charge in [0.2, 0.25) is 11.7 Å². The van der Waals surface area contributed by atoms with Gasteiger partial charge >= 0.3 is 12.2 Å². The van der Waals surface area contributed by atoms with E-state index >= 15 is 0 Å². The van der Waals surface area contributed by atoms with Crippen molar-refractivity contribution in [3.05, 3.63) is 0 Å². The van der Waals surface area contributed by atoms with Crippen molar-refractivity contribution in [1.29, 1.82) is 0 Å². The van der Waals surface area contributed by atoms with E-state index < -0.39 is 59.4 Å². The Bertz CT molecular complexity index is 939. The van der Waals surface area contributed by atoms with Crippen molar-refractivity contribution >= 4 is 35.6 Å². The zero-order valence-corrected chi connectivity index (χ0v) is 25.2. The minimum absolute atomic E-state index is 0.229. The maximum absolute atomic E-state index is 13.7. The third-order valence-corrected chi connectivity index (χ3v) is 7.98. The van der Waals surface area contributed by atoms with Crippen LogP contribution in [0.1, 0.15) is 98.3 Å². The molecule has 12 heteroatoms. The summed E-state index contributed by atoms with van der Waals surface area (Å²) in [6.07, 6.45) is 5.38. The van der Waals surface area contributed by atoms with Gasteiger partial charge < -0.3 is 30.3 Å². The number of rotatable bonds is 13. The van der Waals surface area contributed by atoms with E-state index in [-0.39, 0.29) is 5.78 Å². The third kappa shape index (κ3) is 10.00. The number of piperidine rings is 1. The monoisotopic (exact) mass is 580 g/mol. The molecule has 41 heavy (non-hydrogen) atoms. The topological polar surface area (TPSA) is 160 Å². The average molecular weight is 581 g/mol. The highest BCUT2D eigenvalue weighted by atomic mass is 16.6. The molecule has 2 rings (SSSR count). The summed E-state index contributed by atoms with van der Waals surface area (Å²) in [4.78, 5) is 78.0. The van der Waals surface area contributed by atoms with Crippen molar-refractivity contribution in [1.82, 2.24) is 20.9 Å². The van der Waals surface area contributed by atoms with Gasteiger partial charge in [-0.1, -0.05) is 59.3 Å². The van der Waals surface area contributed by atoms with Crippen molar-refractivity contribution in [3.63, 3.8) is 0 Å². The zero-order chi connectivity index (χ0) is 30.6. The average Bonchev–Trinajstić information content (AvgIpc) is 2.94. The molecule has 0 bridgehead atoms. The molecule has 2 atom stereocenters. The van der Waals surface area contributed by atoms with Gasteiger partial charge in [-0.3, -0.25) is 19.2 Å². The van der Waals surface area contributed by atoms with E-state index in [0.29, 0.717) is 58.0 Å². The molecule has 1 aliphatic heterocycles. The highest BCUT2D eigenvalue weighted by Gasteiger charge is 2.44. The van der Waals surface area contributed by atoms with Gasteiger partial charge in [-0.05, 0) is 32.1 Å². The van der Waals surface area contributed by atoms with Crippen molar-refractivity contribution in [2.75, 3.05) is 20.2 Å². The molecule has 0 radical (unpaired) electrons. The zero-order valence-electron chi connectivity index (χ0n) is 25.2. The fraction of sp³-hybridized carbons (Fsp3) is 0.793. The number of amides is 4. The molecular formula is C29H48N4O8. The van der Waals surface area contributed by atoms with Crippen LogP contribution in [0.15, 0.2) is 0 Å². The Morgan fingerprint density at radius 2 is 1.59 bits per heavy atom. The fourth-order valence-electron chi connectivity index (χ4n) is 5.39. The molecule has 1 aliphatic carbocycles. The van der Waals surface area contributed by atoms with Crippen molar-refractivity contribution < 1.29 is 38.2 Å². The second-order valence-electron chi connectivity index (χ2n) is 11.5. The van der Waals surface area contributed by atoms with E-state index in [1.165, 1.54) is 18.9 Å². The molecule has 0 spiro atoms. The van der Waals surface area contributed by atoms with E-state index in [4.69, 9.17) is 9.47 Å². The first-order valence-corrected chi connectivity index (χ1v) is 14.9. The second-order valence-corrected chi connectivity index (χ2v) is 11.5. The number of Topliss-reactive ketones (excluding diaryl/α,β-unsaturated/α-hetero) is 2. The number of methoxy groups -OCH3 is 1. The molecule has 0 aromatic heterocycles. The quantitative estimate of drug-likeness (QED) is 0.221. The molecule has 1 heterocycles. The van der Waals surface area contributed by atoms with E-state index in [1.807, 2.05) is 6.92 Å². The van der Waals surface area contributed by atoms with Gasteiger partial charge in [-0.15, -0.1) is 0 Å². The van der Waals surface area contributed by atoms with Crippen LogP contribution in [0, 0.1) is 5.92 Å². The number of hydrogen-bond donors (Lipinski definition) is 3. The lowest BCUT2D eigenvalue weighted by atomic mass is 9.80. The summed E-state index contributed by atoms with van der Waals surface area (Å²) in [6.45, 7) is 7.62. The normalized spacial score (nSPS) is 18.5. The number of carbonyl (C=O) groups is 6. The molecule has 4 amide bonds. The summed E-state index contributed by atoms with van der Waals surface area (Å²) < 4.78 is 10.3. The third-order valence-electron chi connectivity index (χ3n) is 7.98. The van der Waals surface area contributed by atoms with Crippen LogP contribution in [0.5, 0.6) is 0 Å². The van der Waals surface area contributed by atoms with Crippen molar-refractivity contribution in [2.45, 2.75) is 122 Å². The number of nitrogens with one attached hydrogen (secondary N) is 3. The highest BCUT2D eigenvalue weighted by molar-refractivity contribution is 6.39. The Morgan fingerprint density at radius 1 is 0.951 bits per heavy atom. The minimum atomic E-state index is -1.28. The largest absolute Gasteiger partial charge is 0.453 e. The molecule has 0 unspecified atom stereocenters. The van der Waals surface area contributed by atoms with Crippen LogP contribution in [0.25, 0.3) is 0 Å². The van der Waals surface area contributed by atoms with Crippen molar-refractivity contribution in [2.24, 2.45) is 5.92 Å². The van der Waals surface area contributed by atoms with Crippen LogP contribution in [-0.4, -0.2) is 84.4 Å². The number of likely N-dealkylation sites (tertiary alicyclic amines) is 1. The Morgan fingerprint density at radius 3 is 2.12 bits per heavy atom. The lowest BCUT2D eigenvalue weighted by Crippen LogP contribution is -2.63. The van der Waals surface area contributed by atoms with Crippen LogP contribution < -0.4 is 16.0 Å². The second kappa shape index (κ2) is 16.3. The SMILES string of the molecule is CCCCC[C@H](NC(=O)C(=O)[C@@H](NC(=O)C1(NC(=O)OC2CCN(C(=O)OC)CC2)CCCCC1)C(C)C)C(C)=O. The van der Waals surface area contributed by atoms with Gasteiger partial charge in [0.15, 0.2) is 5.78 Å². The van der Waals surface area contributed by atoms with Gasteiger partial charge in [0.05, 0.1) is 19.2 Å². The summed E-state index contributed by atoms with van der Waals surface area (Å²) in [6, 6.07) is -1.90. The van der Waals surface area contributed by atoms with Crippen molar-refractivity contribution in [3.8, 4) is 0 Å². The predicted octanol–water partition coefficient (Wildman–Crippen LogP) is 3.01. The van der Waals surface area contributed by atoms with Crippen LogP contribution in [0.3, 0.4) is 0 Å². The van der Waals surface area contributed by atoms with Gasteiger partial charge in [-0.2, -0.15) is 0 Å². The van der Waals surface area contributed by atoms with Crippen LogP contribution in [-0.2, 0) is 28.7 Å². The standard InChI is InChI=1S/C29H48N4O8/c1-6-7-9-12-22(20(4)34)30-25(36)24(35)23(19(2)3)31-26(37)29(15-10-8-11-16-29)32-27(38)41-21-13-17-33(18-14-21)28(39)40-5/h19,21-23H,6-18H2,1-5H3,(H,30,36)(H,31,37)(H,32,38)/t22-,23-/m0/s1. The first-order chi connectivity index (χ1) is 19.4. The number of ketones is 2. The molecule has 0 aromatic rings. The predicted molar refractivity (Wildman–Crippen MR) is 151 cm³/mol. The summed E-state index contributed by atoms with van der Waals surface area (Å²) in [5.41, 5.74) is -1.28. The summed E-state index contributed by atoms with van der Waals surface area (Å²) in [5, 5.41) is 8.06. The smallest absolute Gasteiger partial charge is 0.409 e. The highest BCUT2D eigenvalue weighted by Crippen LogP contribution is 2.29. The lowest BCUT2D eigenvalue weighted by molar-refractivity contribution is -0.142. The summed E-state index contributed by atoms with van der Waals surface area (Å²) in [5.74, 6) is -2.93. The first-order valence-electron chi connectivity index (χ1n) is 14.9. The van der Waals surface area contributed by atoms with Crippen LogP contribution >= 0.6 is 0 Å². The maximum Gasteiger partial charge on any atom is 0.409 e. The molecule has 2 fully saturated rings. The fourth-order valence-corrected chi connectivity index (χ4v) is 5.39. The van der Waals surface area contributed by atoms with E-state index in [1.54, 1.807) is 13.8 Å². The molecule has 12 nitrogen and oxygen atoms in total. The van der Waals surface area contributed by atoms with Gasteiger partial charge in [-0.25, -0.2) is 9.59 Å². The van der Waals surface area contributed by atoms with Crippen LogP contribution in [0.4, 0.5) is 9.59 Å². The number of ether oxygens (including phenoxy) is 2. The Balaban J connectivity index is 2.06. The molecule has 232 valence electrons. The molecule has 0 aromatic carbocycles. The summed E-state index contributed by atoms with van der Waals surface area (Å²) in [7, 11) is 1.31. The van der Waals surface area contributed by atoms with E-state index in [9.17, 15) is 28.8 Å². The number of carbonyl (C=O) groups excluding carboxylic acids is 6. The molecule has 1 saturated heterocycles. The number of nitrogens with zero attached hydrogens (tertiary/aromatic N) is 1. The van der Waals surface area contributed by atoms with Crippen LogP contribution in [0.2, 0.25) is 0 Å². The Hall–Kier alpha value is -3.18. The number of hydrogen-bond acceptors (Lipinski definition) is 8. The van der Waals surface area contributed by atoms with E-state index in [2.05, 4.69) is 16.0 Å². The molecule has 1 saturated carbocycles. The number of unbranched alkanes of at least 4 members (excludes halogenated alkanes) is 2. The Kier molecular flexibility index (Phi) is 13.5.